The Hall–Kier alpha value is -1.99. The summed E-state index contributed by atoms with van der Waals surface area (Å²) in [4.78, 5) is 7.11. The van der Waals surface area contributed by atoms with E-state index in [1.807, 2.05) is 6.21 Å². The van der Waals surface area contributed by atoms with E-state index in [0.717, 1.165) is 32.1 Å². The first kappa shape index (κ1) is 17.8. The molecule has 2 heterocycles. The summed E-state index contributed by atoms with van der Waals surface area (Å²) >= 11 is 0. The fourth-order valence-electron chi connectivity index (χ4n) is 3.33. The van der Waals surface area contributed by atoms with Gasteiger partial charge in [0.25, 0.3) is 0 Å². The van der Waals surface area contributed by atoms with E-state index in [4.69, 9.17) is 10.1 Å². The third-order valence-electron chi connectivity index (χ3n) is 5.01. The Kier molecular flexibility index (Phi) is 5.99. The highest BCUT2D eigenvalue weighted by Gasteiger charge is 2.30. The maximum absolute atomic E-state index is 8.95. The van der Waals surface area contributed by atoms with Crippen LogP contribution in [0.15, 0.2) is 40.8 Å². The molecule has 4 heteroatoms. The largest absolute Gasteiger partial charge is 0.516 e. The molecule has 4 nitrogen and oxygen atoms in total. The topological polar surface area (TPSA) is 47.9 Å². The second-order valence-corrected chi connectivity index (χ2v) is 6.95. The van der Waals surface area contributed by atoms with Gasteiger partial charge in [-0.25, -0.2) is 0 Å². The van der Waals surface area contributed by atoms with E-state index in [0.29, 0.717) is 12.1 Å². The van der Waals surface area contributed by atoms with Crippen molar-refractivity contribution < 1.29 is 5.11 Å². The second-order valence-electron chi connectivity index (χ2n) is 6.95. The standard InChI is InChI=1S/C21H29N3O/c1-3-16-13-18-9-10-21(22-14-16)19(15-24(18)11-5-6-12-25)20(4-2)23-17-7-8-17/h6,12-15,17-18,20-21,23,25H,3-5,7-8,11H2,1-2H3/b12-6+,16-13?,22-14?. The van der Waals surface area contributed by atoms with Crippen LogP contribution in [0.5, 0.6) is 0 Å². The molecular formula is C21H29N3O. The normalized spacial score (nSPS) is 26.4. The van der Waals surface area contributed by atoms with Crippen LogP contribution in [-0.4, -0.2) is 46.9 Å². The van der Waals surface area contributed by atoms with Gasteiger partial charge < -0.3 is 15.3 Å². The molecule has 0 aromatic carbocycles. The monoisotopic (exact) mass is 339 g/mol. The molecule has 3 aliphatic rings. The number of hydrogen-bond acceptors (Lipinski definition) is 4. The number of aliphatic hydroxyl groups excluding tert-OH is 1. The van der Waals surface area contributed by atoms with Gasteiger partial charge in [0.1, 0.15) is 12.1 Å². The van der Waals surface area contributed by atoms with Crippen molar-refractivity contribution in [1.82, 2.24) is 10.2 Å². The summed E-state index contributed by atoms with van der Waals surface area (Å²) in [6.45, 7) is 5.22. The van der Waals surface area contributed by atoms with Crippen LogP contribution in [0.25, 0.3) is 0 Å². The van der Waals surface area contributed by atoms with Crippen molar-refractivity contribution in [2.24, 2.45) is 4.99 Å². The van der Waals surface area contributed by atoms with E-state index < -0.39 is 0 Å². The van der Waals surface area contributed by atoms with E-state index >= 15 is 0 Å². The predicted octanol–water partition coefficient (Wildman–Crippen LogP) is 3.34. The fourth-order valence-corrected chi connectivity index (χ4v) is 3.33. The molecule has 3 rings (SSSR count). The summed E-state index contributed by atoms with van der Waals surface area (Å²) in [6.07, 6.45) is 14.8. The zero-order valence-corrected chi connectivity index (χ0v) is 15.3. The minimum Gasteiger partial charge on any atom is -0.516 e. The third kappa shape index (κ3) is 4.55. The van der Waals surface area contributed by atoms with Crippen molar-refractivity contribution in [2.45, 2.75) is 70.1 Å². The van der Waals surface area contributed by atoms with Gasteiger partial charge in [-0.3, -0.25) is 4.99 Å². The minimum atomic E-state index is -0.0627. The van der Waals surface area contributed by atoms with Crippen LogP contribution in [-0.2, 0) is 0 Å². The average molecular weight is 339 g/mol. The van der Waals surface area contributed by atoms with E-state index in [-0.39, 0.29) is 12.1 Å². The number of aliphatic hydroxyl groups is 1. The van der Waals surface area contributed by atoms with Crippen molar-refractivity contribution in [3.05, 3.63) is 35.8 Å². The summed E-state index contributed by atoms with van der Waals surface area (Å²) in [5.74, 6) is 6.82. The zero-order valence-electron chi connectivity index (χ0n) is 15.3. The number of fused-ring (bicyclic) bond motifs is 2. The quantitative estimate of drug-likeness (QED) is 0.527. The molecule has 0 saturated heterocycles. The van der Waals surface area contributed by atoms with E-state index in [2.05, 4.69) is 48.2 Å². The summed E-state index contributed by atoms with van der Waals surface area (Å²) in [6, 6.07) is 0.990. The van der Waals surface area contributed by atoms with Crippen molar-refractivity contribution >= 4 is 6.21 Å². The lowest BCUT2D eigenvalue weighted by Gasteiger charge is -2.27. The molecule has 0 aromatic rings. The fraction of sp³-hybridized carbons (Fsp3) is 0.571. The second kappa shape index (κ2) is 8.40. The van der Waals surface area contributed by atoms with Gasteiger partial charge in [-0.2, -0.15) is 0 Å². The molecule has 134 valence electrons. The molecule has 1 fully saturated rings. The molecule has 0 spiro atoms. The highest BCUT2D eigenvalue weighted by molar-refractivity contribution is 5.80. The summed E-state index contributed by atoms with van der Waals surface area (Å²) < 4.78 is 0. The first-order valence-corrected chi connectivity index (χ1v) is 9.52. The maximum atomic E-state index is 8.95. The molecule has 1 saturated carbocycles. The Bertz CT molecular complexity index is 646. The summed E-state index contributed by atoms with van der Waals surface area (Å²) in [5.41, 5.74) is 2.52. The van der Waals surface area contributed by atoms with Gasteiger partial charge in [-0.05, 0) is 55.4 Å². The van der Waals surface area contributed by atoms with Crippen LogP contribution >= 0.6 is 0 Å². The molecule has 2 aliphatic heterocycles. The Morgan fingerprint density at radius 3 is 2.92 bits per heavy atom. The highest BCUT2D eigenvalue weighted by Crippen LogP contribution is 2.26. The number of rotatable bonds is 8. The van der Waals surface area contributed by atoms with Crippen molar-refractivity contribution in [1.29, 1.82) is 0 Å². The van der Waals surface area contributed by atoms with Gasteiger partial charge in [0, 0.05) is 31.0 Å². The third-order valence-corrected chi connectivity index (χ3v) is 5.01. The Morgan fingerprint density at radius 2 is 2.24 bits per heavy atom. The number of hydrogen-bond donors (Lipinski definition) is 2. The first-order valence-electron chi connectivity index (χ1n) is 9.52. The van der Waals surface area contributed by atoms with Crippen LogP contribution in [0.4, 0.5) is 0 Å². The number of allylic oxidation sites excluding steroid dienone is 1. The molecule has 3 unspecified atom stereocenters. The van der Waals surface area contributed by atoms with Crippen LogP contribution in [0, 0.1) is 11.8 Å². The molecule has 3 atom stereocenters. The first-order chi connectivity index (χ1) is 12.2. The van der Waals surface area contributed by atoms with Gasteiger partial charge in [0.15, 0.2) is 0 Å². The van der Waals surface area contributed by atoms with E-state index in [9.17, 15) is 0 Å². The molecule has 1 aliphatic carbocycles. The minimum absolute atomic E-state index is 0.0627. The Labute approximate surface area is 151 Å². The predicted molar refractivity (Wildman–Crippen MR) is 104 cm³/mol. The maximum Gasteiger partial charge on any atom is 0.135 e. The number of nitrogens with one attached hydrogen (secondary N) is 1. The van der Waals surface area contributed by atoms with Gasteiger partial charge in [-0.15, -0.1) is 0 Å². The lowest BCUT2D eigenvalue weighted by atomic mass is 9.98. The lowest BCUT2D eigenvalue weighted by molar-refractivity contribution is 0.365. The average Bonchev–Trinajstić information content (AvgIpc) is 3.42. The molecule has 0 radical (unpaired) electrons. The zero-order chi connectivity index (χ0) is 17.6. The molecule has 25 heavy (non-hydrogen) atoms. The van der Waals surface area contributed by atoms with E-state index in [1.54, 1.807) is 6.08 Å². The molecule has 0 aromatic heterocycles. The summed E-state index contributed by atoms with van der Waals surface area (Å²) in [7, 11) is 0. The SMILES string of the molecule is CCC1=CC2C#CC(N=C1)C(C(CC)NC1CC1)=CN2CC/C=C/O. The van der Waals surface area contributed by atoms with Crippen molar-refractivity contribution in [2.75, 3.05) is 6.54 Å². The van der Waals surface area contributed by atoms with Crippen LogP contribution in [0.1, 0.15) is 46.0 Å². The van der Waals surface area contributed by atoms with Gasteiger partial charge >= 0.3 is 0 Å². The Morgan fingerprint density at radius 1 is 1.40 bits per heavy atom. The van der Waals surface area contributed by atoms with E-state index in [1.165, 1.54) is 24.0 Å². The summed E-state index contributed by atoms with van der Waals surface area (Å²) in [5, 5.41) is 12.7. The highest BCUT2D eigenvalue weighted by atomic mass is 16.2. The van der Waals surface area contributed by atoms with Gasteiger partial charge in [-0.1, -0.05) is 25.7 Å². The van der Waals surface area contributed by atoms with Crippen LogP contribution < -0.4 is 5.32 Å². The number of aliphatic imine (C=N–C) groups is 1. The smallest absolute Gasteiger partial charge is 0.135 e. The number of nitrogens with zero attached hydrogens (tertiary/aromatic N) is 2. The Balaban J connectivity index is 1.92. The molecule has 2 N–H and O–H groups in total. The van der Waals surface area contributed by atoms with Crippen molar-refractivity contribution in [3.63, 3.8) is 0 Å². The lowest BCUT2D eigenvalue weighted by Crippen LogP contribution is -2.37. The molecule has 0 amide bonds. The molecular weight excluding hydrogens is 310 g/mol. The van der Waals surface area contributed by atoms with Crippen LogP contribution in [0.3, 0.4) is 0 Å². The van der Waals surface area contributed by atoms with Crippen molar-refractivity contribution in [3.8, 4) is 11.8 Å². The molecule has 2 bridgehead atoms. The van der Waals surface area contributed by atoms with Crippen LogP contribution in [0.2, 0.25) is 0 Å². The van der Waals surface area contributed by atoms with Gasteiger partial charge in [0.05, 0.1) is 6.26 Å². The van der Waals surface area contributed by atoms with Gasteiger partial charge in [0.2, 0.25) is 0 Å².